The SMILES string of the molecule is C[C@@H]1C[C@@H]1C(=O)Nc1ccc(CCC(=O)O)cc1. The van der Waals surface area contributed by atoms with Gasteiger partial charge in [0.15, 0.2) is 0 Å². The van der Waals surface area contributed by atoms with Crippen molar-refractivity contribution >= 4 is 17.6 Å². The van der Waals surface area contributed by atoms with Crippen LogP contribution in [0.15, 0.2) is 24.3 Å². The molecule has 1 fully saturated rings. The predicted octanol–water partition coefficient (Wildman–Crippen LogP) is 2.30. The van der Waals surface area contributed by atoms with Crippen molar-refractivity contribution in [3.05, 3.63) is 29.8 Å². The van der Waals surface area contributed by atoms with Crippen LogP contribution in [-0.2, 0) is 16.0 Å². The second kappa shape index (κ2) is 5.21. The van der Waals surface area contributed by atoms with E-state index in [2.05, 4.69) is 12.2 Å². The molecule has 0 aromatic heterocycles. The molecule has 96 valence electrons. The fraction of sp³-hybridized carbons (Fsp3) is 0.429. The molecule has 4 heteroatoms. The van der Waals surface area contributed by atoms with Crippen LogP contribution in [0.1, 0.15) is 25.3 Å². The number of anilines is 1. The van der Waals surface area contributed by atoms with Crippen molar-refractivity contribution in [3.63, 3.8) is 0 Å². The Morgan fingerprint density at radius 1 is 1.33 bits per heavy atom. The number of benzene rings is 1. The molecule has 2 atom stereocenters. The maximum absolute atomic E-state index is 11.7. The number of amides is 1. The summed E-state index contributed by atoms with van der Waals surface area (Å²) >= 11 is 0. The van der Waals surface area contributed by atoms with Gasteiger partial charge in [-0.1, -0.05) is 19.1 Å². The molecule has 1 saturated carbocycles. The summed E-state index contributed by atoms with van der Waals surface area (Å²) in [6.07, 6.45) is 1.62. The smallest absolute Gasteiger partial charge is 0.303 e. The molecule has 4 nitrogen and oxygen atoms in total. The number of carboxylic acids is 1. The van der Waals surface area contributed by atoms with Crippen molar-refractivity contribution in [2.24, 2.45) is 11.8 Å². The highest BCUT2D eigenvalue weighted by molar-refractivity contribution is 5.94. The molecule has 1 amide bonds. The summed E-state index contributed by atoms with van der Waals surface area (Å²) in [4.78, 5) is 22.1. The molecule has 0 spiro atoms. The minimum absolute atomic E-state index is 0.0841. The number of carboxylic acid groups (broad SMARTS) is 1. The molecule has 2 rings (SSSR count). The Morgan fingerprint density at radius 3 is 2.44 bits per heavy atom. The monoisotopic (exact) mass is 247 g/mol. The molecule has 0 aliphatic heterocycles. The van der Waals surface area contributed by atoms with Crippen LogP contribution in [0.5, 0.6) is 0 Å². The summed E-state index contributed by atoms with van der Waals surface area (Å²) in [5.74, 6) is -0.0487. The first kappa shape index (κ1) is 12.6. The molecular formula is C14H17NO3. The zero-order chi connectivity index (χ0) is 13.1. The number of aryl methyl sites for hydroxylation is 1. The van der Waals surface area contributed by atoms with Crippen molar-refractivity contribution < 1.29 is 14.7 Å². The van der Waals surface area contributed by atoms with E-state index in [-0.39, 0.29) is 18.2 Å². The topological polar surface area (TPSA) is 66.4 Å². The van der Waals surface area contributed by atoms with Crippen molar-refractivity contribution in [2.45, 2.75) is 26.2 Å². The molecule has 1 aliphatic rings. The Bertz CT molecular complexity index is 453. The van der Waals surface area contributed by atoms with Crippen LogP contribution < -0.4 is 5.32 Å². The lowest BCUT2D eigenvalue weighted by atomic mass is 10.1. The van der Waals surface area contributed by atoms with E-state index in [1.54, 1.807) is 0 Å². The molecule has 0 bridgehead atoms. The van der Waals surface area contributed by atoms with Gasteiger partial charge in [-0.15, -0.1) is 0 Å². The van der Waals surface area contributed by atoms with Gasteiger partial charge in [-0.25, -0.2) is 0 Å². The molecule has 0 heterocycles. The highest BCUT2D eigenvalue weighted by Gasteiger charge is 2.38. The van der Waals surface area contributed by atoms with E-state index >= 15 is 0 Å². The summed E-state index contributed by atoms with van der Waals surface area (Å²) in [6, 6.07) is 7.36. The standard InChI is InChI=1S/C14H17NO3/c1-9-8-12(9)14(18)15-11-5-2-10(3-6-11)4-7-13(16)17/h2-3,5-6,9,12H,4,7-8H2,1H3,(H,15,18)(H,16,17)/t9-,12+/m1/s1. The molecule has 1 aromatic carbocycles. The zero-order valence-electron chi connectivity index (χ0n) is 10.3. The predicted molar refractivity (Wildman–Crippen MR) is 68.3 cm³/mol. The molecule has 1 aliphatic carbocycles. The molecule has 0 radical (unpaired) electrons. The maximum Gasteiger partial charge on any atom is 0.303 e. The Balaban J connectivity index is 1.87. The van der Waals surface area contributed by atoms with Crippen LogP contribution in [0.4, 0.5) is 5.69 Å². The second-order valence-electron chi connectivity index (χ2n) is 4.90. The zero-order valence-corrected chi connectivity index (χ0v) is 10.3. The van der Waals surface area contributed by atoms with Crippen molar-refractivity contribution in [1.82, 2.24) is 0 Å². The summed E-state index contributed by atoms with van der Waals surface area (Å²) < 4.78 is 0. The first-order valence-electron chi connectivity index (χ1n) is 6.18. The summed E-state index contributed by atoms with van der Waals surface area (Å²) in [5.41, 5.74) is 1.74. The summed E-state index contributed by atoms with van der Waals surface area (Å²) in [6.45, 7) is 2.07. The number of carbonyl (C=O) groups excluding carboxylic acids is 1. The fourth-order valence-corrected chi connectivity index (χ4v) is 1.93. The normalized spacial score (nSPS) is 21.4. The van der Waals surface area contributed by atoms with E-state index in [9.17, 15) is 9.59 Å². The Labute approximate surface area is 106 Å². The van der Waals surface area contributed by atoms with Gasteiger partial charge in [-0.05, 0) is 36.5 Å². The van der Waals surface area contributed by atoms with Crippen molar-refractivity contribution in [3.8, 4) is 0 Å². The quantitative estimate of drug-likeness (QED) is 0.839. The minimum Gasteiger partial charge on any atom is -0.481 e. The van der Waals surface area contributed by atoms with Crippen LogP contribution in [0.25, 0.3) is 0 Å². The molecule has 0 saturated heterocycles. The average Bonchev–Trinajstić information content (AvgIpc) is 3.05. The lowest BCUT2D eigenvalue weighted by Crippen LogP contribution is -2.14. The Kier molecular flexibility index (Phi) is 3.65. The molecule has 1 aromatic rings. The molecule has 18 heavy (non-hydrogen) atoms. The van der Waals surface area contributed by atoms with Gasteiger partial charge in [0.05, 0.1) is 0 Å². The van der Waals surface area contributed by atoms with Crippen LogP contribution in [-0.4, -0.2) is 17.0 Å². The van der Waals surface area contributed by atoms with E-state index in [0.29, 0.717) is 12.3 Å². The number of nitrogens with one attached hydrogen (secondary N) is 1. The van der Waals surface area contributed by atoms with Crippen LogP contribution in [0.2, 0.25) is 0 Å². The van der Waals surface area contributed by atoms with Gasteiger partial charge in [0.2, 0.25) is 5.91 Å². The highest BCUT2D eigenvalue weighted by atomic mass is 16.4. The fourth-order valence-electron chi connectivity index (χ4n) is 1.93. The Morgan fingerprint density at radius 2 is 1.94 bits per heavy atom. The van der Waals surface area contributed by atoms with E-state index in [0.717, 1.165) is 17.7 Å². The average molecular weight is 247 g/mol. The molecule has 0 unspecified atom stereocenters. The van der Waals surface area contributed by atoms with Gasteiger partial charge in [-0.2, -0.15) is 0 Å². The first-order valence-corrected chi connectivity index (χ1v) is 6.18. The summed E-state index contributed by atoms with van der Waals surface area (Å²) in [7, 11) is 0. The minimum atomic E-state index is -0.796. The highest BCUT2D eigenvalue weighted by Crippen LogP contribution is 2.38. The summed E-state index contributed by atoms with van der Waals surface area (Å²) in [5, 5.41) is 11.5. The third-order valence-electron chi connectivity index (χ3n) is 3.30. The van der Waals surface area contributed by atoms with Gasteiger partial charge < -0.3 is 10.4 Å². The van der Waals surface area contributed by atoms with E-state index in [1.807, 2.05) is 24.3 Å². The van der Waals surface area contributed by atoms with Crippen molar-refractivity contribution in [2.75, 3.05) is 5.32 Å². The van der Waals surface area contributed by atoms with Crippen LogP contribution in [0.3, 0.4) is 0 Å². The van der Waals surface area contributed by atoms with Gasteiger partial charge >= 0.3 is 5.97 Å². The van der Waals surface area contributed by atoms with Gasteiger partial charge in [0.25, 0.3) is 0 Å². The largest absolute Gasteiger partial charge is 0.481 e. The van der Waals surface area contributed by atoms with Gasteiger partial charge in [0.1, 0.15) is 0 Å². The maximum atomic E-state index is 11.7. The van der Waals surface area contributed by atoms with Gasteiger partial charge in [0, 0.05) is 18.0 Å². The third-order valence-corrected chi connectivity index (χ3v) is 3.30. The Hall–Kier alpha value is -1.84. The lowest BCUT2D eigenvalue weighted by molar-refractivity contribution is -0.137. The molecule has 2 N–H and O–H groups in total. The van der Waals surface area contributed by atoms with Gasteiger partial charge in [-0.3, -0.25) is 9.59 Å². The van der Waals surface area contributed by atoms with Crippen LogP contribution in [0, 0.1) is 11.8 Å². The van der Waals surface area contributed by atoms with Crippen LogP contribution >= 0.6 is 0 Å². The van der Waals surface area contributed by atoms with E-state index < -0.39 is 5.97 Å². The number of aliphatic carboxylic acids is 1. The number of carbonyl (C=O) groups is 2. The molecular weight excluding hydrogens is 230 g/mol. The van der Waals surface area contributed by atoms with Crippen molar-refractivity contribution in [1.29, 1.82) is 0 Å². The lowest BCUT2D eigenvalue weighted by Gasteiger charge is -2.05. The second-order valence-corrected chi connectivity index (χ2v) is 4.90. The number of hydrogen-bond donors (Lipinski definition) is 2. The van der Waals surface area contributed by atoms with E-state index in [1.165, 1.54) is 0 Å². The first-order chi connectivity index (χ1) is 8.56. The third kappa shape index (κ3) is 3.32. The van der Waals surface area contributed by atoms with E-state index in [4.69, 9.17) is 5.11 Å². The number of rotatable bonds is 5. The number of hydrogen-bond acceptors (Lipinski definition) is 2.